The molecule has 0 atom stereocenters. The van der Waals surface area contributed by atoms with Crippen molar-refractivity contribution in [1.82, 2.24) is 0 Å². The molecule has 0 saturated carbocycles. The van der Waals surface area contributed by atoms with E-state index in [1.165, 1.54) is 0 Å². The smallest absolute Gasteiger partial charge is 0.554 e. The van der Waals surface area contributed by atoms with Crippen LogP contribution in [0.5, 0.6) is 0 Å². The Bertz CT molecular complexity index is 128. The number of hydrogen-bond donors (Lipinski definition) is 0. The van der Waals surface area contributed by atoms with Gasteiger partial charge in [-0.3, -0.25) is 0 Å². The van der Waals surface area contributed by atoms with E-state index in [0.29, 0.717) is 0 Å². The molecule has 12 nitrogen and oxygen atoms in total. The van der Waals surface area contributed by atoms with Gasteiger partial charge in [0.2, 0.25) is 0 Å². The summed E-state index contributed by atoms with van der Waals surface area (Å²) in [4.78, 5) is 49.5. The molecule has 0 aliphatic carbocycles. The Morgan fingerprint density at radius 3 is 0.292 bits per heavy atom. The molecule has 0 aromatic heterocycles. The van der Waals surface area contributed by atoms with Crippen molar-refractivity contribution in [2.75, 3.05) is 0 Å². The van der Waals surface area contributed by atoms with Gasteiger partial charge in [0.25, 0.3) is 0 Å². The zero-order valence-corrected chi connectivity index (χ0v) is 26.4. The van der Waals surface area contributed by atoms with E-state index >= 15 is 0 Å². The average Bonchev–Trinajstić information content (AvgIpc) is 2.23. The molecule has 0 amide bonds. The van der Waals surface area contributed by atoms with Crippen molar-refractivity contribution in [1.29, 1.82) is 0 Å². The maximum Gasteiger partial charge on any atom is 1.00 e. The van der Waals surface area contributed by atoms with Crippen LogP contribution >= 0.6 is 0 Å². The summed E-state index contributed by atoms with van der Waals surface area (Å²) in [5.74, 6) is 0. The summed E-state index contributed by atoms with van der Waals surface area (Å²) in [5, 5.41) is 49.5. The summed E-state index contributed by atoms with van der Waals surface area (Å²) in [7, 11) is 0. The monoisotopic (exact) mass is 408 g/mol. The van der Waals surface area contributed by atoms with E-state index in [1.54, 1.807) is 0 Å². The fraction of sp³-hybridized carbons (Fsp3) is 0. The van der Waals surface area contributed by atoms with E-state index in [-0.39, 0.29) is 177 Å². The van der Waals surface area contributed by atoms with Gasteiger partial charge in [-0.05, 0) is 0 Å². The van der Waals surface area contributed by atoms with Crippen LogP contribution in [0, 0.1) is 0 Å². The standard InChI is InChI=1S/6CH2O2.6Na/c6*2-1-3;;;;;;/h6*1H,(H,2,3);;;;;;/q;;;;;;6*+1/p-6. The molecule has 0 bridgehead atoms. The molecular weight excluding hydrogens is 402 g/mol. The number of carboxylic acid groups (broad SMARTS) is 6. The molecule has 24 heavy (non-hydrogen) atoms. The van der Waals surface area contributed by atoms with Gasteiger partial charge >= 0.3 is 177 Å². The summed E-state index contributed by atoms with van der Waals surface area (Å²) in [6.45, 7) is -3.00. The first-order chi connectivity index (χ1) is 8.49. The minimum Gasteiger partial charge on any atom is -0.554 e. The van der Waals surface area contributed by atoms with E-state index in [0.717, 1.165) is 0 Å². The van der Waals surface area contributed by atoms with Gasteiger partial charge in [0, 0.05) is 38.8 Å². The fourth-order valence-electron chi connectivity index (χ4n) is 0. The topological polar surface area (TPSA) is 241 Å². The Hall–Kier alpha value is 2.82. The van der Waals surface area contributed by atoms with Crippen molar-refractivity contribution in [2.45, 2.75) is 0 Å². The van der Waals surface area contributed by atoms with Gasteiger partial charge < -0.3 is 59.4 Å². The number of hydrogen-bond acceptors (Lipinski definition) is 12. The molecule has 0 aromatic rings. The predicted molar refractivity (Wildman–Crippen MR) is 36.4 cm³/mol. The molecule has 0 N–H and O–H groups in total. The Morgan fingerprint density at radius 1 is 0.292 bits per heavy atom. The van der Waals surface area contributed by atoms with Gasteiger partial charge in [0.05, 0.1) is 0 Å². The van der Waals surface area contributed by atoms with Crippen LogP contribution < -0.4 is 208 Å². The molecule has 0 aromatic carbocycles. The largest absolute Gasteiger partial charge is 1.00 e. The molecule has 0 unspecified atom stereocenters. The van der Waals surface area contributed by atoms with Crippen LogP contribution in [0.1, 0.15) is 0 Å². The Kier molecular flexibility index (Phi) is 694. The van der Waals surface area contributed by atoms with Crippen LogP contribution in [0.2, 0.25) is 0 Å². The molecular formula is C6H6Na6O12. The third kappa shape index (κ3) is 1770. The van der Waals surface area contributed by atoms with Gasteiger partial charge in [-0.1, -0.05) is 0 Å². The van der Waals surface area contributed by atoms with Crippen LogP contribution in [-0.4, -0.2) is 38.8 Å². The molecule has 0 radical (unpaired) electrons. The minimum atomic E-state index is -0.500. The van der Waals surface area contributed by atoms with Gasteiger partial charge in [-0.15, -0.1) is 0 Å². The van der Waals surface area contributed by atoms with Crippen molar-refractivity contribution < 1.29 is 237 Å². The van der Waals surface area contributed by atoms with Crippen LogP contribution in [0.3, 0.4) is 0 Å². The Balaban J connectivity index is -0.00000000686. The van der Waals surface area contributed by atoms with Crippen LogP contribution in [0.25, 0.3) is 0 Å². The second kappa shape index (κ2) is 204. The van der Waals surface area contributed by atoms with Crippen molar-refractivity contribution in [3.63, 3.8) is 0 Å². The van der Waals surface area contributed by atoms with Gasteiger partial charge in [-0.25, -0.2) is 0 Å². The van der Waals surface area contributed by atoms with E-state index < -0.39 is 38.8 Å². The predicted octanol–water partition coefficient (Wildman–Crippen LogP) is -27.8. The first-order valence-corrected chi connectivity index (χ1v) is 2.83. The third-order valence-corrected chi connectivity index (χ3v) is 0. The molecule has 18 heteroatoms. The van der Waals surface area contributed by atoms with E-state index in [9.17, 15) is 0 Å². The maximum atomic E-state index is 8.25. The average molecular weight is 408 g/mol. The molecule has 0 saturated heterocycles. The van der Waals surface area contributed by atoms with Crippen molar-refractivity contribution in [2.24, 2.45) is 0 Å². The summed E-state index contributed by atoms with van der Waals surface area (Å²) in [5.41, 5.74) is 0. The SMILES string of the molecule is O=C[O-].O=C[O-].O=C[O-].O=C[O-].O=C[O-].O=C[O-].[Na+].[Na+].[Na+].[Na+].[Na+].[Na+]. The zero-order chi connectivity index (χ0) is 16.2. The number of carbonyl (C=O) groups excluding carboxylic acids is 6. The van der Waals surface area contributed by atoms with Gasteiger partial charge in [0.1, 0.15) is 0 Å². The zero-order valence-electron chi connectivity index (χ0n) is 14.4. The quantitative estimate of drug-likeness (QED) is 0.268. The second-order valence-electron chi connectivity index (χ2n) is 0.577. The van der Waals surface area contributed by atoms with Crippen molar-refractivity contribution in [3.8, 4) is 0 Å². The Morgan fingerprint density at radius 2 is 0.292 bits per heavy atom. The van der Waals surface area contributed by atoms with E-state index in [1.807, 2.05) is 0 Å². The van der Waals surface area contributed by atoms with Crippen LogP contribution in [0.4, 0.5) is 0 Å². The molecule has 0 heterocycles. The van der Waals surface area contributed by atoms with E-state index in [2.05, 4.69) is 0 Å². The summed E-state index contributed by atoms with van der Waals surface area (Å²) in [6, 6.07) is 0. The summed E-state index contributed by atoms with van der Waals surface area (Å²) in [6.07, 6.45) is 0. The molecule has 0 rings (SSSR count). The third-order valence-electron chi connectivity index (χ3n) is 0. The molecule has 0 spiro atoms. The molecule has 108 valence electrons. The van der Waals surface area contributed by atoms with Gasteiger partial charge in [-0.2, -0.15) is 0 Å². The maximum absolute atomic E-state index is 8.25. The summed E-state index contributed by atoms with van der Waals surface area (Å²) < 4.78 is 0. The number of rotatable bonds is 0. The van der Waals surface area contributed by atoms with Crippen LogP contribution in [0.15, 0.2) is 0 Å². The van der Waals surface area contributed by atoms with Crippen molar-refractivity contribution in [3.05, 3.63) is 0 Å². The minimum absolute atomic E-state index is 0. The van der Waals surface area contributed by atoms with E-state index in [4.69, 9.17) is 59.4 Å². The van der Waals surface area contributed by atoms with Crippen LogP contribution in [-0.2, 0) is 28.8 Å². The first-order valence-electron chi connectivity index (χ1n) is 2.83. The first kappa shape index (κ1) is 81.4. The molecule has 0 aliphatic rings. The number of carbonyl (C=O) groups is 6. The summed E-state index contributed by atoms with van der Waals surface area (Å²) >= 11 is 0. The second-order valence-corrected chi connectivity index (χ2v) is 0.577. The Labute approximate surface area is 270 Å². The normalized spacial score (nSPS) is 3.00. The molecule has 0 aliphatic heterocycles. The molecule has 0 fully saturated rings. The fourth-order valence-corrected chi connectivity index (χ4v) is 0. The van der Waals surface area contributed by atoms with Gasteiger partial charge in [0.15, 0.2) is 0 Å². The van der Waals surface area contributed by atoms with Crippen molar-refractivity contribution >= 4 is 38.8 Å².